The fourth-order valence-corrected chi connectivity index (χ4v) is 4.45. The average Bonchev–Trinajstić information content (AvgIpc) is 2.88. The lowest BCUT2D eigenvalue weighted by Crippen LogP contribution is -2.36. The normalized spacial score (nSPS) is 22.2. The predicted octanol–water partition coefficient (Wildman–Crippen LogP) is 5.87. The van der Waals surface area contributed by atoms with E-state index in [-0.39, 0.29) is 23.0 Å². The van der Waals surface area contributed by atoms with Crippen LogP contribution in [0.2, 0.25) is 10.0 Å². The van der Waals surface area contributed by atoms with Crippen molar-refractivity contribution >= 4 is 34.9 Å². The number of anilines is 1. The largest absolute Gasteiger partial charge is 0.410 e. The number of carbonyl (C=O) groups is 1. The van der Waals surface area contributed by atoms with Gasteiger partial charge in [0.15, 0.2) is 11.7 Å². The molecule has 0 aliphatic carbocycles. The van der Waals surface area contributed by atoms with Crippen LogP contribution in [0.3, 0.4) is 0 Å². The molecule has 4 rings (SSSR count). The van der Waals surface area contributed by atoms with Gasteiger partial charge in [0.05, 0.1) is 6.04 Å². The monoisotopic (exact) mass is 460 g/mol. The van der Waals surface area contributed by atoms with E-state index in [9.17, 15) is 18.0 Å². The summed E-state index contributed by atoms with van der Waals surface area (Å²) in [6.07, 6.45) is -1.04. The maximum Gasteiger partial charge on any atom is 0.410 e. The molecule has 2 aliphatic rings. The highest BCUT2D eigenvalue weighted by Gasteiger charge is 2.48. The number of fused-ring (bicyclic) bond motifs is 1. The Morgan fingerprint density at radius 2 is 1.70 bits per heavy atom. The topological polar surface area (TPSA) is 50.2 Å². The van der Waals surface area contributed by atoms with Crippen LogP contribution in [0.15, 0.2) is 24.3 Å². The Hall–Kier alpha value is -1.93. The number of likely N-dealkylation sites (tertiary alicyclic amines) is 1. The van der Waals surface area contributed by atoms with Crippen molar-refractivity contribution in [2.45, 2.75) is 50.4 Å². The molecular weight excluding hydrogens is 440 g/mol. The summed E-state index contributed by atoms with van der Waals surface area (Å²) in [5.41, 5.74) is 0.518. The van der Waals surface area contributed by atoms with Crippen molar-refractivity contribution in [1.82, 2.24) is 14.7 Å². The lowest BCUT2D eigenvalue weighted by Gasteiger charge is -2.33. The van der Waals surface area contributed by atoms with E-state index in [0.29, 0.717) is 23.7 Å². The summed E-state index contributed by atoms with van der Waals surface area (Å²) in [4.78, 5) is 14.6. The lowest BCUT2D eigenvalue weighted by molar-refractivity contribution is -0.173. The number of alkyl halides is 3. The molecule has 0 radical (unpaired) electrons. The highest BCUT2D eigenvalue weighted by atomic mass is 35.5. The summed E-state index contributed by atoms with van der Waals surface area (Å²) in [6.45, 7) is 1.11. The Balaban J connectivity index is 1.70. The first-order chi connectivity index (χ1) is 14.3. The molecule has 2 aromatic rings. The van der Waals surface area contributed by atoms with Gasteiger partial charge in [0, 0.05) is 24.5 Å². The SMILES string of the molecule is O=C(c1nn2c(c1Cl)N[C@H](c1ccc(Cl)cc1)C[C@H]2C(F)(F)F)N1CCCCCC1. The first kappa shape index (κ1) is 21.3. The number of rotatable bonds is 2. The maximum absolute atomic E-state index is 13.9. The first-order valence-corrected chi connectivity index (χ1v) is 10.7. The van der Waals surface area contributed by atoms with E-state index in [4.69, 9.17) is 23.2 Å². The van der Waals surface area contributed by atoms with Crippen molar-refractivity contribution in [1.29, 1.82) is 0 Å². The van der Waals surface area contributed by atoms with Crippen LogP contribution in [-0.4, -0.2) is 39.9 Å². The van der Waals surface area contributed by atoms with Gasteiger partial charge in [-0.05, 0) is 30.5 Å². The van der Waals surface area contributed by atoms with Crippen LogP contribution in [0.25, 0.3) is 0 Å². The molecule has 1 saturated heterocycles. The molecule has 0 saturated carbocycles. The molecule has 10 heteroatoms. The van der Waals surface area contributed by atoms with E-state index in [2.05, 4.69) is 10.4 Å². The van der Waals surface area contributed by atoms with E-state index >= 15 is 0 Å². The van der Waals surface area contributed by atoms with Crippen LogP contribution >= 0.6 is 23.2 Å². The summed E-state index contributed by atoms with van der Waals surface area (Å²) in [6, 6.07) is 4.08. The molecule has 1 fully saturated rings. The quantitative estimate of drug-likeness (QED) is 0.609. The second-order valence-corrected chi connectivity index (χ2v) is 8.52. The summed E-state index contributed by atoms with van der Waals surface area (Å²) in [5, 5.41) is 7.51. The van der Waals surface area contributed by atoms with Crippen molar-refractivity contribution in [3.8, 4) is 0 Å². The number of amides is 1. The zero-order valence-corrected chi connectivity index (χ0v) is 17.6. The van der Waals surface area contributed by atoms with Crippen molar-refractivity contribution in [3.05, 3.63) is 45.6 Å². The third kappa shape index (κ3) is 4.12. The molecule has 1 aromatic carbocycles. The fraction of sp³-hybridized carbons (Fsp3) is 0.500. The Kier molecular flexibility index (Phi) is 5.90. The Morgan fingerprint density at radius 3 is 2.30 bits per heavy atom. The van der Waals surface area contributed by atoms with Crippen LogP contribution in [0.1, 0.15) is 60.2 Å². The lowest BCUT2D eigenvalue weighted by atomic mass is 9.97. The molecule has 1 aromatic heterocycles. The molecule has 1 amide bonds. The van der Waals surface area contributed by atoms with E-state index in [1.54, 1.807) is 29.2 Å². The smallest absolute Gasteiger partial charge is 0.362 e. The third-order valence-corrected chi connectivity index (χ3v) is 6.27. The van der Waals surface area contributed by atoms with Gasteiger partial charge in [-0.25, -0.2) is 4.68 Å². The molecule has 162 valence electrons. The Morgan fingerprint density at radius 1 is 1.07 bits per heavy atom. The number of nitrogens with one attached hydrogen (secondary N) is 1. The minimum atomic E-state index is -4.54. The predicted molar refractivity (Wildman–Crippen MR) is 109 cm³/mol. The molecule has 3 heterocycles. The zero-order chi connectivity index (χ0) is 21.5. The summed E-state index contributed by atoms with van der Waals surface area (Å²) in [5.74, 6) is -0.405. The van der Waals surface area contributed by atoms with E-state index in [1.807, 2.05) is 0 Å². The van der Waals surface area contributed by atoms with Crippen molar-refractivity contribution < 1.29 is 18.0 Å². The number of hydrogen-bond acceptors (Lipinski definition) is 3. The number of carbonyl (C=O) groups excluding carboxylic acids is 1. The van der Waals surface area contributed by atoms with E-state index in [0.717, 1.165) is 30.4 Å². The van der Waals surface area contributed by atoms with E-state index in [1.165, 1.54) is 0 Å². The Bertz CT molecular complexity index is 921. The highest BCUT2D eigenvalue weighted by molar-refractivity contribution is 6.36. The fourth-order valence-electron chi connectivity index (χ4n) is 4.06. The number of hydrogen-bond donors (Lipinski definition) is 1. The number of nitrogens with zero attached hydrogens (tertiary/aromatic N) is 3. The van der Waals surface area contributed by atoms with E-state index < -0.39 is 24.2 Å². The standard InChI is InChI=1S/C20H21Cl2F3N4O/c21-13-7-5-12(6-8-13)14-11-15(20(23,24)25)29-18(26-14)16(22)17(27-29)19(30)28-9-3-1-2-4-10-28/h5-8,14-15,26H,1-4,9-11H2/t14-,15-/m0/s1. The van der Waals surface area contributed by atoms with Gasteiger partial charge in [-0.1, -0.05) is 48.2 Å². The van der Waals surface area contributed by atoms with Crippen molar-refractivity contribution in [3.63, 3.8) is 0 Å². The van der Waals surface area contributed by atoms with Gasteiger partial charge in [-0.15, -0.1) is 0 Å². The number of aromatic nitrogens is 2. The molecule has 2 atom stereocenters. The second-order valence-electron chi connectivity index (χ2n) is 7.70. The molecule has 0 unspecified atom stereocenters. The summed E-state index contributed by atoms with van der Waals surface area (Å²) < 4.78 is 42.4. The Labute approximate surface area is 182 Å². The summed E-state index contributed by atoms with van der Waals surface area (Å²) in [7, 11) is 0. The maximum atomic E-state index is 13.9. The summed E-state index contributed by atoms with van der Waals surface area (Å²) >= 11 is 12.3. The molecule has 0 bridgehead atoms. The van der Waals surface area contributed by atoms with Gasteiger partial charge < -0.3 is 10.2 Å². The second kappa shape index (κ2) is 8.30. The van der Waals surface area contributed by atoms with Crippen LogP contribution in [0.4, 0.5) is 19.0 Å². The molecular formula is C20H21Cl2F3N4O. The van der Waals surface area contributed by atoms with Crippen LogP contribution < -0.4 is 5.32 Å². The van der Waals surface area contributed by atoms with Gasteiger partial charge in [0.2, 0.25) is 0 Å². The van der Waals surface area contributed by atoms with Crippen molar-refractivity contribution in [2.24, 2.45) is 0 Å². The van der Waals surface area contributed by atoms with Crippen LogP contribution in [0, 0.1) is 0 Å². The zero-order valence-electron chi connectivity index (χ0n) is 16.1. The third-order valence-electron chi connectivity index (χ3n) is 5.66. The molecule has 2 aliphatic heterocycles. The molecule has 5 nitrogen and oxygen atoms in total. The van der Waals surface area contributed by atoms with Gasteiger partial charge in [-0.3, -0.25) is 4.79 Å². The highest BCUT2D eigenvalue weighted by Crippen LogP contribution is 2.46. The van der Waals surface area contributed by atoms with Crippen molar-refractivity contribution in [2.75, 3.05) is 18.4 Å². The van der Waals surface area contributed by atoms with Gasteiger partial charge in [0.1, 0.15) is 10.8 Å². The average molecular weight is 461 g/mol. The molecule has 0 spiro atoms. The number of halogens is 5. The van der Waals surface area contributed by atoms with Crippen LogP contribution in [-0.2, 0) is 0 Å². The van der Waals surface area contributed by atoms with Gasteiger partial charge in [0.25, 0.3) is 5.91 Å². The number of benzene rings is 1. The molecule has 30 heavy (non-hydrogen) atoms. The van der Waals surface area contributed by atoms with Gasteiger partial charge in [-0.2, -0.15) is 18.3 Å². The first-order valence-electron chi connectivity index (χ1n) is 9.91. The van der Waals surface area contributed by atoms with Crippen LogP contribution in [0.5, 0.6) is 0 Å². The van der Waals surface area contributed by atoms with Gasteiger partial charge >= 0.3 is 6.18 Å². The molecule has 1 N–H and O–H groups in total. The minimum Gasteiger partial charge on any atom is -0.362 e. The minimum absolute atomic E-state index is 0.0170.